The van der Waals surface area contributed by atoms with Crippen LogP contribution >= 0.6 is 0 Å². The van der Waals surface area contributed by atoms with Crippen LogP contribution < -0.4 is 10.2 Å². The van der Waals surface area contributed by atoms with Crippen molar-refractivity contribution in [1.82, 2.24) is 10.2 Å². The molecule has 1 aromatic rings. The molecule has 1 saturated carbocycles. The van der Waals surface area contributed by atoms with Crippen LogP contribution in [0.2, 0.25) is 0 Å². The Bertz CT molecular complexity index is 796. The van der Waals surface area contributed by atoms with Gasteiger partial charge in [0, 0.05) is 32.2 Å². The number of nitrogens with zero attached hydrogens (tertiary/aromatic N) is 2. The highest BCUT2D eigenvalue weighted by Crippen LogP contribution is 2.35. The standard InChI is InChI=1S/C22H28F7N3O/c23-20-17(22(27,28)29)2-1-3-18(20)32-12-10-31(11-13-32)9-8-15-4-6-16(7-5-15)30-19(33)14-21(24,25)26/h1-3,15-16H,4-14H2,(H,30,33)/t15-,16-. The Morgan fingerprint density at radius 3 is 2.18 bits per heavy atom. The van der Waals surface area contributed by atoms with Gasteiger partial charge in [-0.2, -0.15) is 26.3 Å². The zero-order valence-corrected chi connectivity index (χ0v) is 18.1. The van der Waals surface area contributed by atoms with Crippen molar-refractivity contribution in [3.05, 3.63) is 29.6 Å². The SMILES string of the molecule is O=C(CC(F)(F)F)N[C@H]1CC[C@H](CCN2CCN(c3cccc(C(F)(F)F)c3F)CC2)CC1. The third kappa shape index (κ3) is 7.48. The van der Waals surface area contributed by atoms with Gasteiger partial charge >= 0.3 is 12.4 Å². The Balaban J connectivity index is 1.39. The second kappa shape index (κ2) is 10.5. The lowest BCUT2D eigenvalue weighted by Crippen LogP contribution is -2.47. The van der Waals surface area contributed by atoms with E-state index in [9.17, 15) is 35.5 Å². The second-order valence-electron chi connectivity index (χ2n) is 8.83. The van der Waals surface area contributed by atoms with Crippen LogP contribution in [0, 0.1) is 11.7 Å². The Morgan fingerprint density at radius 2 is 1.61 bits per heavy atom. The third-order valence-electron chi connectivity index (χ3n) is 6.42. The maximum Gasteiger partial charge on any atom is 0.419 e. The monoisotopic (exact) mass is 483 g/mol. The van der Waals surface area contributed by atoms with Crippen molar-refractivity contribution >= 4 is 11.6 Å². The van der Waals surface area contributed by atoms with E-state index in [1.165, 1.54) is 12.1 Å². The maximum atomic E-state index is 14.4. The summed E-state index contributed by atoms with van der Waals surface area (Å²) in [6, 6.07) is 3.11. The molecule has 11 heteroatoms. The minimum absolute atomic E-state index is 0.0321. The van der Waals surface area contributed by atoms with Crippen molar-refractivity contribution in [1.29, 1.82) is 0 Å². The van der Waals surface area contributed by atoms with Crippen LogP contribution in [0.3, 0.4) is 0 Å². The van der Waals surface area contributed by atoms with E-state index in [2.05, 4.69) is 10.2 Å². The van der Waals surface area contributed by atoms with E-state index < -0.39 is 36.1 Å². The summed E-state index contributed by atoms with van der Waals surface area (Å²) in [4.78, 5) is 15.3. The zero-order chi connectivity index (χ0) is 24.2. The van der Waals surface area contributed by atoms with Gasteiger partial charge in [-0.3, -0.25) is 9.69 Å². The van der Waals surface area contributed by atoms with Crippen molar-refractivity contribution in [3.8, 4) is 0 Å². The molecule has 33 heavy (non-hydrogen) atoms. The Morgan fingerprint density at radius 1 is 0.970 bits per heavy atom. The van der Waals surface area contributed by atoms with Crippen LogP contribution in [-0.4, -0.2) is 55.7 Å². The maximum absolute atomic E-state index is 14.4. The number of carbonyl (C=O) groups excluding carboxylic acids is 1. The number of anilines is 1. The van der Waals surface area contributed by atoms with E-state index in [0.717, 1.165) is 31.9 Å². The number of piperazine rings is 1. The molecule has 2 aliphatic rings. The van der Waals surface area contributed by atoms with E-state index in [1.54, 1.807) is 4.90 Å². The van der Waals surface area contributed by atoms with E-state index in [1.807, 2.05) is 0 Å². The molecule has 1 aromatic carbocycles. The highest BCUT2D eigenvalue weighted by molar-refractivity contribution is 5.76. The van der Waals surface area contributed by atoms with Gasteiger partial charge in [0.05, 0.1) is 11.3 Å². The normalized spacial score (nSPS) is 22.9. The molecule has 0 atom stereocenters. The first kappa shape index (κ1) is 25.6. The summed E-state index contributed by atoms with van der Waals surface area (Å²) in [5, 5.41) is 2.46. The van der Waals surface area contributed by atoms with E-state index in [0.29, 0.717) is 44.9 Å². The minimum atomic E-state index is -4.73. The lowest BCUT2D eigenvalue weighted by Gasteiger charge is -2.37. The predicted molar refractivity (Wildman–Crippen MR) is 109 cm³/mol. The number of halogens is 7. The Hall–Kier alpha value is -2.04. The lowest BCUT2D eigenvalue weighted by atomic mass is 9.84. The average Bonchev–Trinajstić information content (AvgIpc) is 2.72. The summed E-state index contributed by atoms with van der Waals surface area (Å²) in [6.07, 6.45) is -6.84. The quantitative estimate of drug-likeness (QED) is 0.580. The lowest BCUT2D eigenvalue weighted by molar-refractivity contribution is -0.154. The van der Waals surface area contributed by atoms with Crippen molar-refractivity contribution in [2.24, 2.45) is 5.92 Å². The van der Waals surface area contributed by atoms with Gasteiger partial charge in [0.2, 0.25) is 5.91 Å². The number of hydrogen-bond acceptors (Lipinski definition) is 3. The van der Waals surface area contributed by atoms with Gasteiger partial charge < -0.3 is 10.2 Å². The number of carbonyl (C=O) groups is 1. The molecule has 0 bridgehead atoms. The molecule has 1 aliphatic carbocycles. The molecule has 1 N–H and O–H groups in total. The molecule has 1 saturated heterocycles. The molecular formula is C22H28F7N3O. The first-order chi connectivity index (χ1) is 15.4. The Kier molecular flexibility index (Phi) is 8.13. The molecule has 3 rings (SSSR count). The summed E-state index contributed by atoms with van der Waals surface area (Å²) in [5.41, 5.74) is -1.29. The van der Waals surface area contributed by atoms with Crippen molar-refractivity contribution in [3.63, 3.8) is 0 Å². The van der Waals surface area contributed by atoms with Gasteiger partial charge in [-0.25, -0.2) is 4.39 Å². The molecule has 1 aliphatic heterocycles. The number of rotatable bonds is 6. The summed E-state index contributed by atoms with van der Waals surface area (Å²) in [5.74, 6) is -1.81. The minimum Gasteiger partial charge on any atom is -0.367 e. The van der Waals surface area contributed by atoms with Gasteiger partial charge in [0.25, 0.3) is 0 Å². The van der Waals surface area contributed by atoms with E-state index in [-0.39, 0.29) is 11.7 Å². The third-order valence-corrected chi connectivity index (χ3v) is 6.42. The fourth-order valence-corrected chi connectivity index (χ4v) is 4.62. The van der Waals surface area contributed by atoms with Crippen LogP contribution in [0.15, 0.2) is 18.2 Å². The predicted octanol–water partition coefficient (Wildman–Crippen LogP) is 4.98. The van der Waals surface area contributed by atoms with Crippen LogP contribution in [-0.2, 0) is 11.0 Å². The zero-order valence-electron chi connectivity index (χ0n) is 18.1. The van der Waals surface area contributed by atoms with Gasteiger partial charge in [0.1, 0.15) is 6.42 Å². The average molecular weight is 483 g/mol. The Labute approximate surface area is 188 Å². The molecule has 0 spiro atoms. The number of hydrogen-bond donors (Lipinski definition) is 1. The van der Waals surface area contributed by atoms with E-state index >= 15 is 0 Å². The van der Waals surface area contributed by atoms with Gasteiger partial charge in [-0.15, -0.1) is 0 Å². The topological polar surface area (TPSA) is 35.6 Å². The molecule has 186 valence electrons. The van der Waals surface area contributed by atoms with Gasteiger partial charge in [0.15, 0.2) is 5.82 Å². The number of nitrogens with one attached hydrogen (secondary N) is 1. The van der Waals surface area contributed by atoms with Gasteiger partial charge in [-0.1, -0.05) is 6.07 Å². The molecule has 1 amide bonds. The summed E-state index contributed by atoms with van der Waals surface area (Å²) in [6.45, 7) is 2.87. The molecule has 1 heterocycles. The molecule has 2 fully saturated rings. The van der Waals surface area contributed by atoms with Crippen LogP contribution in [0.25, 0.3) is 0 Å². The first-order valence-corrected chi connectivity index (χ1v) is 11.1. The second-order valence-corrected chi connectivity index (χ2v) is 8.83. The molecule has 0 unspecified atom stereocenters. The molecule has 0 radical (unpaired) electrons. The van der Waals surface area contributed by atoms with Crippen LogP contribution in [0.1, 0.15) is 44.1 Å². The van der Waals surface area contributed by atoms with Crippen molar-refractivity contribution in [2.75, 3.05) is 37.6 Å². The highest BCUT2D eigenvalue weighted by Gasteiger charge is 2.36. The first-order valence-electron chi connectivity index (χ1n) is 11.1. The largest absolute Gasteiger partial charge is 0.419 e. The summed E-state index contributed by atoms with van der Waals surface area (Å²) >= 11 is 0. The molecular weight excluding hydrogens is 455 g/mol. The molecule has 4 nitrogen and oxygen atoms in total. The molecule has 0 aromatic heterocycles. The summed E-state index contributed by atoms with van der Waals surface area (Å²) < 4.78 is 90.1. The highest BCUT2D eigenvalue weighted by atomic mass is 19.4. The number of amides is 1. The number of benzene rings is 1. The van der Waals surface area contributed by atoms with Gasteiger partial charge in [-0.05, 0) is 56.7 Å². The fraction of sp³-hybridized carbons (Fsp3) is 0.682. The number of alkyl halides is 6. The van der Waals surface area contributed by atoms with Crippen molar-refractivity contribution in [2.45, 2.75) is 56.9 Å². The van der Waals surface area contributed by atoms with Crippen LogP contribution in [0.5, 0.6) is 0 Å². The van der Waals surface area contributed by atoms with E-state index in [4.69, 9.17) is 0 Å². The fourth-order valence-electron chi connectivity index (χ4n) is 4.62. The van der Waals surface area contributed by atoms with Crippen LogP contribution in [0.4, 0.5) is 36.4 Å². The summed E-state index contributed by atoms with van der Waals surface area (Å²) in [7, 11) is 0. The smallest absolute Gasteiger partial charge is 0.367 e. The van der Waals surface area contributed by atoms with Crippen molar-refractivity contribution < 1.29 is 35.5 Å².